The van der Waals surface area contributed by atoms with Crippen molar-refractivity contribution in [3.8, 4) is 0 Å². The van der Waals surface area contributed by atoms with Crippen molar-refractivity contribution in [1.82, 2.24) is 0 Å². The smallest absolute Gasteiger partial charge is 0.309 e. The third-order valence-corrected chi connectivity index (χ3v) is 7.87. The lowest BCUT2D eigenvalue weighted by atomic mass is 9.45. The summed E-state index contributed by atoms with van der Waals surface area (Å²) in [5, 5.41) is 9.94. The van der Waals surface area contributed by atoms with E-state index in [9.17, 15) is 14.7 Å². The zero-order valence-electron chi connectivity index (χ0n) is 16.5. The molecular formula is C22H32O4. The van der Waals surface area contributed by atoms with Gasteiger partial charge in [-0.2, -0.15) is 0 Å². The predicted octanol–water partition coefficient (Wildman–Crippen LogP) is 4.75. The fourth-order valence-corrected chi connectivity index (χ4v) is 6.19. The van der Waals surface area contributed by atoms with Gasteiger partial charge in [-0.15, -0.1) is 6.58 Å². The van der Waals surface area contributed by atoms with E-state index in [1.54, 1.807) is 0 Å². The first-order chi connectivity index (χ1) is 12.1. The molecular weight excluding hydrogens is 328 g/mol. The molecule has 144 valence electrons. The Kier molecular flexibility index (Phi) is 4.61. The van der Waals surface area contributed by atoms with Crippen LogP contribution in [0, 0.1) is 28.1 Å². The van der Waals surface area contributed by atoms with Crippen LogP contribution in [0.3, 0.4) is 0 Å². The summed E-state index contributed by atoms with van der Waals surface area (Å²) in [5.41, 5.74) is 0.410. The van der Waals surface area contributed by atoms with Crippen LogP contribution in [0.15, 0.2) is 24.3 Å². The van der Waals surface area contributed by atoms with Crippen molar-refractivity contribution in [3.05, 3.63) is 24.3 Å². The molecule has 0 bridgehead atoms. The first-order valence-corrected chi connectivity index (χ1v) is 9.80. The predicted molar refractivity (Wildman–Crippen MR) is 100 cm³/mol. The molecule has 3 aliphatic rings. The molecule has 0 amide bonds. The Hall–Kier alpha value is -1.58. The number of carbonyl (C=O) groups is 2. The van der Waals surface area contributed by atoms with Gasteiger partial charge in [0.1, 0.15) is 6.10 Å². The number of fused-ring (bicyclic) bond motifs is 3. The average molecular weight is 360 g/mol. The maximum atomic E-state index is 12.1. The number of allylic oxidation sites excluding steroid dienone is 2. The van der Waals surface area contributed by atoms with Crippen LogP contribution in [0.1, 0.15) is 66.2 Å². The molecule has 3 rings (SSSR count). The van der Waals surface area contributed by atoms with E-state index in [1.165, 1.54) is 12.5 Å². The number of hydrogen-bond donors (Lipinski definition) is 1. The lowest BCUT2D eigenvalue weighted by Gasteiger charge is -2.59. The Morgan fingerprint density at radius 3 is 2.58 bits per heavy atom. The average Bonchev–Trinajstić information content (AvgIpc) is 2.55. The van der Waals surface area contributed by atoms with Gasteiger partial charge < -0.3 is 9.84 Å². The molecule has 0 spiro atoms. The molecule has 3 aliphatic carbocycles. The van der Waals surface area contributed by atoms with Gasteiger partial charge in [-0.1, -0.05) is 38.0 Å². The highest BCUT2D eigenvalue weighted by Gasteiger charge is 2.59. The molecule has 0 aromatic carbocycles. The second kappa shape index (κ2) is 6.24. The van der Waals surface area contributed by atoms with Crippen LogP contribution in [0.25, 0.3) is 0 Å². The first-order valence-electron chi connectivity index (χ1n) is 9.80. The Bertz CT molecular complexity index is 665. The number of aliphatic carboxylic acids is 1. The van der Waals surface area contributed by atoms with Gasteiger partial charge in [0.05, 0.1) is 5.41 Å². The lowest BCUT2D eigenvalue weighted by Crippen LogP contribution is -2.55. The molecule has 0 saturated heterocycles. The zero-order valence-corrected chi connectivity index (χ0v) is 16.5. The van der Waals surface area contributed by atoms with E-state index in [-0.39, 0.29) is 34.7 Å². The van der Waals surface area contributed by atoms with Crippen molar-refractivity contribution in [3.63, 3.8) is 0 Å². The summed E-state index contributed by atoms with van der Waals surface area (Å²) in [5.74, 6) is -0.528. The van der Waals surface area contributed by atoms with Crippen LogP contribution >= 0.6 is 0 Å². The Balaban J connectivity index is 2.01. The lowest BCUT2D eigenvalue weighted by molar-refractivity contribution is -0.167. The zero-order chi connectivity index (χ0) is 19.3. The van der Waals surface area contributed by atoms with Crippen molar-refractivity contribution in [2.75, 3.05) is 0 Å². The topological polar surface area (TPSA) is 63.6 Å². The second-order valence-corrected chi connectivity index (χ2v) is 9.42. The standard InChI is InChI=1S/C22H32O4/c1-6-20(3)13-15-8-9-17-21(4,10-7-11-22(17,5)19(24)25)16(15)12-18(20)26-14(2)23/h6,8,16-18H,1,7,9-13H2,2-5H3,(H,24,25)/t16-,17-,18+,20-,21-,22-/m1/s1. The molecule has 0 aromatic heterocycles. The highest BCUT2D eigenvalue weighted by Crippen LogP contribution is 2.64. The van der Waals surface area contributed by atoms with E-state index in [1.807, 2.05) is 13.0 Å². The first kappa shape index (κ1) is 19.2. The molecule has 6 atom stereocenters. The summed E-state index contributed by atoms with van der Waals surface area (Å²) in [4.78, 5) is 23.8. The Labute approximate surface area is 156 Å². The fraction of sp³-hybridized carbons (Fsp3) is 0.727. The quantitative estimate of drug-likeness (QED) is 0.583. The highest BCUT2D eigenvalue weighted by atomic mass is 16.5. The summed E-state index contributed by atoms with van der Waals surface area (Å²) < 4.78 is 5.72. The van der Waals surface area contributed by atoms with Crippen molar-refractivity contribution in [1.29, 1.82) is 0 Å². The van der Waals surface area contributed by atoms with E-state index in [0.717, 1.165) is 38.5 Å². The molecule has 4 nitrogen and oxygen atoms in total. The second-order valence-electron chi connectivity index (χ2n) is 9.42. The normalized spacial score (nSPS) is 44.9. The Morgan fingerprint density at radius 1 is 1.31 bits per heavy atom. The van der Waals surface area contributed by atoms with Gasteiger partial charge in [-0.3, -0.25) is 9.59 Å². The van der Waals surface area contributed by atoms with Crippen LogP contribution in [-0.4, -0.2) is 23.1 Å². The number of esters is 1. The largest absolute Gasteiger partial charge is 0.481 e. The van der Waals surface area contributed by atoms with Gasteiger partial charge in [-0.05, 0) is 56.3 Å². The van der Waals surface area contributed by atoms with Crippen molar-refractivity contribution in [2.45, 2.75) is 72.3 Å². The number of carbonyl (C=O) groups excluding carboxylic acids is 1. The molecule has 0 aliphatic heterocycles. The summed E-state index contributed by atoms with van der Waals surface area (Å²) in [7, 11) is 0. The van der Waals surface area contributed by atoms with Gasteiger partial charge >= 0.3 is 11.9 Å². The highest BCUT2D eigenvalue weighted by molar-refractivity contribution is 5.75. The van der Waals surface area contributed by atoms with E-state index in [2.05, 4.69) is 26.5 Å². The number of carboxylic acids is 1. The van der Waals surface area contributed by atoms with Gasteiger partial charge in [0.2, 0.25) is 0 Å². The summed E-state index contributed by atoms with van der Waals surface area (Å²) in [6.07, 6.45) is 9.17. The maximum Gasteiger partial charge on any atom is 0.309 e. The molecule has 26 heavy (non-hydrogen) atoms. The number of carboxylic acid groups (broad SMARTS) is 1. The summed E-state index contributed by atoms with van der Waals surface area (Å²) in [6.45, 7) is 11.8. The number of ether oxygens (including phenoxy) is 1. The monoisotopic (exact) mass is 360 g/mol. The summed E-state index contributed by atoms with van der Waals surface area (Å²) in [6, 6.07) is 0. The van der Waals surface area contributed by atoms with Crippen LogP contribution in [0.5, 0.6) is 0 Å². The number of rotatable bonds is 3. The van der Waals surface area contributed by atoms with Gasteiger partial charge in [0, 0.05) is 12.3 Å². The minimum absolute atomic E-state index is 0.0592. The van der Waals surface area contributed by atoms with E-state index in [4.69, 9.17) is 4.74 Å². The van der Waals surface area contributed by atoms with Gasteiger partial charge in [-0.25, -0.2) is 0 Å². The molecule has 1 N–H and O–H groups in total. The third-order valence-electron chi connectivity index (χ3n) is 7.87. The van der Waals surface area contributed by atoms with Crippen LogP contribution in [0.2, 0.25) is 0 Å². The minimum Gasteiger partial charge on any atom is -0.481 e. The molecule has 0 radical (unpaired) electrons. The van der Waals surface area contributed by atoms with Crippen molar-refractivity contribution < 1.29 is 19.4 Å². The van der Waals surface area contributed by atoms with Crippen LogP contribution < -0.4 is 0 Å². The van der Waals surface area contributed by atoms with Gasteiger partial charge in [0.25, 0.3) is 0 Å². The van der Waals surface area contributed by atoms with Crippen molar-refractivity contribution in [2.24, 2.45) is 28.1 Å². The maximum absolute atomic E-state index is 12.1. The van der Waals surface area contributed by atoms with E-state index < -0.39 is 11.4 Å². The van der Waals surface area contributed by atoms with Crippen LogP contribution in [0.4, 0.5) is 0 Å². The molecule has 0 aromatic rings. The fourth-order valence-electron chi connectivity index (χ4n) is 6.19. The molecule has 2 saturated carbocycles. The molecule has 2 fully saturated rings. The van der Waals surface area contributed by atoms with Crippen LogP contribution in [-0.2, 0) is 14.3 Å². The third kappa shape index (κ3) is 2.73. The number of hydrogen-bond acceptors (Lipinski definition) is 3. The van der Waals surface area contributed by atoms with E-state index >= 15 is 0 Å². The van der Waals surface area contributed by atoms with E-state index in [0.29, 0.717) is 0 Å². The molecule has 0 heterocycles. The van der Waals surface area contributed by atoms with Crippen molar-refractivity contribution >= 4 is 11.9 Å². The Morgan fingerprint density at radius 2 is 2.00 bits per heavy atom. The summed E-state index contributed by atoms with van der Waals surface area (Å²) >= 11 is 0. The molecule has 0 unspecified atom stereocenters. The SMILES string of the molecule is C=C[C@]1(C)CC2=CC[C@@H]3[C@](C)(CCC[C@@]3(C)C(=O)O)[C@@H]2C[C@@H]1OC(C)=O. The van der Waals surface area contributed by atoms with Gasteiger partial charge in [0.15, 0.2) is 0 Å². The molecule has 4 heteroatoms. The minimum atomic E-state index is -0.675.